The number of aromatic hydroxyl groups is 1. The Morgan fingerprint density at radius 2 is 1.45 bits per heavy atom. The molecule has 8 rings (SSSR count). The van der Waals surface area contributed by atoms with E-state index in [0.717, 1.165) is 56.1 Å². The predicted octanol–water partition coefficient (Wildman–Crippen LogP) is 11.2. The maximum atomic E-state index is 11.0. The van der Waals surface area contributed by atoms with Crippen LogP contribution in [0.5, 0.6) is 5.75 Å². The summed E-state index contributed by atoms with van der Waals surface area (Å²) in [7, 11) is 0. The van der Waals surface area contributed by atoms with E-state index in [2.05, 4.69) is 124 Å². The minimum atomic E-state index is -0.265. The standard InChI is InChI=1S/C44H36N3O.Pt/c1-27-23-28(2)42(29(3)24-27)32-21-22-45-41(26-32)47-38-14-10-9-13-35(38)44(4,5)36-18-15-31(25-39(36)47)37-19-16-34-33(30-11-7-6-8-12-30)17-20-40(48)43(34)46-37;/h6-24,26,48H,1-5H3;/q-1;. The normalized spacial score (nSPS) is 13.0. The van der Waals surface area contributed by atoms with Crippen molar-refractivity contribution in [3.05, 3.63) is 155 Å². The number of fused-ring (bicyclic) bond motifs is 3. The SMILES string of the molecule is Cc1cc(C)c(-c2ccnc(N3c4[c-]c(-c5ccc6c(-c7ccccc7)ccc(O)c6n5)ccc4C(C)(C)c4ccccc43)c2)c(C)c1.[Pt]. The first kappa shape index (κ1) is 32.5. The number of benzene rings is 5. The van der Waals surface area contributed by atoms with Gasteiger partial charge >= 0.3 is 0 Å². The van der Waals surface area contributed by atoms with Crippen molar-refractivity contribution in [1.29, 1.82) is 0 Å². The fourth-order valence-corrected chi connectivity index (χ4v) is 7.57. The van der Waals surface area contributed by atoms with Gasteiger partial charge in [-0.2, -0.15) is 0 Å². The van der Waals surface area contributed by atoms with E-state index in [1.807, 2.05) is 36.5 Å². The van der Waals surface area contributed by atoms with Gasteiger partial charge in [-0.05, 0) is 107 Å². The van der Waals surface area contributed by atoms with E-state index in [9.17, 15) is 5.11 Å². The van der Waals surface area contributed by atoms with E-state index in [-0.39, 0.29) is 32.2 Å². The Labute approximate surface area is 302 Å². The van der Waals surface area contributed by atoms with Gasteiger partial charge < -0.3 is 10.0 Å². The van der Waals surface area contributed by atoms with Crippen LogP contribution >= 0.6 is 0 Å². The van der Waals surface area contributed by atoms with E-state index in [0.29, 0.717) is 5.52 Å². The number of pyridine rings is 2. The zero-order valence-electron chi connectivity index (χ0n) is 28.2. The molecular formula is C44H36N3OPt-. The van der Waals surface area contributed by atoms with Crippen LogP contribution < -0.4 is 4.90 Å². The van der Waals surface area contributed by atoms with Gasteiger partial charge in [0.05, 0.1) is 0 Å². The number of phenols is 1. The van der Waals surface area contributed by atoms with Gasteiger partial charge in [-0.3, -0.25) is 4.98 Å². The van der Waals surface area contributed by atoms with Crippen LogP contribution in [-0.2, 0) is 26.5 Å². The maximum Gasteiger partial charge on any atom is 0.140 e. The zero-order valence-corrected chi connectivity index (χ0v) is 30.4. The molecule has 0 unspecified atom stereocenters. The molecule has 0 radical (unpaired) electrons. The molecule has 1 aliphatic rings. The number of para-hydroxylation sites is 1. The summed E-state index contributed by atoms with van der Waals surface area (Å²) in [5.41, 5.74) is 14.6. The van der Waals surface area contributed by atoms with Crippen molar-refractivity contribution >= 4 is 28.1 Å². The van der Waals surface area contributed by atoms with Crippen LogP contribution in [0.25, 0.3) is 44.4 Å². The number of anilines is 3. The molecule has 0 spiro atoms. The number of aromatic nitrogens is 2. The van der Waals surface area contributed by atoms with Crippen molar-refractivity contribution in [2.75, 3.05) is 4.90 Å². The van der Waals surface area contributed by atoms with Gasteiger partial charge in [0.2, 0.25) is 0 Å². The first-order chi connectivity index (χ1) is 23.2. The second kappa shape index (κ2) is 12.4. The number of nitrogens with zero attached hydrogens (tertiary/aromatic N) is 3. The summed E-state index contributed by atoms with van der Waals surface area (Å²) in [5.74, 6) is 0.991. The molecule has 5 heteroatoms. The fourth-order valence-electron chi connectivity index (χ4n) is 7.57. The Morgan fingerprint density at radius 3 is 2.22 bits per heavy atom. The van der Waals surface area contributed by atoms with Crippen LogP contribution in [0.1, 0.15) is 41.7 Å². The topological polar surface area (TPSA) is 49.2 Å². The molecule has 5 aromatic carbocycles. The molecule has 3 heterocycles. The number of rotatable bonds is 4. The van der Waals surface area contributed by atoms with Crippen molar-refractivity contribution < 1.29 is 26.2 Å². The predicted molar refractivity (Wildman–Crippen MR) is 197 cm³/mol. The van der Waals surface area contributed by atoms with Gasteiger partial charge in [-0.15, -0.1) is 23.8 Å². The Morgan fingerprint density at radius 1 is 0.714 bits per heavy atom. The van der Waals surface area contributed by atoms with E-state index >= 15 is 0 Å². The van der Waals surface area contributed by atoms with Crippen LogP contribution in [-0.4, -0.2) is 15.1 Å². The average Bonchev–Trinajstić information content (AvgIpc) is 3.08. The van der Waals surface area contributed by atoms with Crippen LogP contribution in [0.2, 0.25) is 0 Å². The minimum absolute atomic E-state index is 0. The summed E-state index contributed by atoms with van der Waals surface area (Å²) in [6.45, 7) is 11.1. The third-order valence-corrected chi connectivity index (χ3v) is 9.78. The Kier molecular flexibility index (Phi) is 8.25. The summed E-state index contributed by atoms with van der Waals surface area (Å²) < 4.78 is 0. The molecule has 0 aliphatic carbocycles. The molecule has 7 aromatic rings. The monoisotopic (exact) mass is 817 g/mol. The molecular weight excluding hydrogens is 782 g/mol. The van der Waals surface area contributed by atoms with E-state index in [1.165, 1.54) is 27.8 Å². The first-order valence-corrected chi connectivity index (χ1v) is 16.4. The van der Waals surface area contributed by atoms with E-state index in [1.54, 1.807) is 6.07 Å². The van der Waals surface area contributed by atoms with Gasteiger partial charge in [0.1, 0.15) is 17.1 Å². The molecule has 0 fully saturated rings. The second-order valence-electron chi connectivity index (χ2n) is 13.4. The molecule has 4 nitrogen and oxygen atoms in total. The van der Waals surface area contributed by atoms with Crippen molar-refractivity contribution in [2.24, 2.45) is 0 Å². The molecule has 0 saturated carbocycles. The molecule has 0 atom stereocenters. The summed E-state index contributed by atoms with van der Waals surface area (Å²) in [6.07, 6.45) is 1.91. The van der Waals surface area contributed by atoms with E-state index in [4.69, 9.17) is 9.97 Å². The van der Waals surface area contributed by atoms with Gasteiger partial charge in [-0.1, -0.05) is 97.8 Å². The largest absolute Gasteiger partial charge is 0.506 e. The first-order valence-electron chi connectivity index (χ1n) is 16.4. The van der Waals surface area contributed by atoms with Gasteiger partial charge in [0, 0.05) is 38.3 Å². The third-order valence-electron chi connectivity index (χ3n) is 9.78. The van der Waals surface area contributed by atoms with Crippen LogP contribution in [0.3, 0.4) is 0 Å². The number of aryl methyl sites for hydroxylation is 3. The van der Waals surface area contributed by atoms with Crippen LogP contribution in [0.15, 0.2) is 121 Å². The van der Waals surface area contributed by atoms with Crippen molar-refractivity contribution in [3.63, 3.8) is 0 Å². The summed E-state index contributed by atoms with van der Waals surface area (Å²) in [4.78, 5) is 12.2. The van der Waals surface area contributed by atoms with Crippen LogP contribution in [0.4, 0.5) is 17.2 Å². The number of hydrogen-bond donors (Lipinski definition) is 1. The van der Waals surface area contributed by atoms with E-state index < -0.39 is 0 Å². The van der Waals surface area contributed by atoms with Crippen molar-refractivity contribution in [1.82, 2.24) is 9.97 Å². The Hall–Kier alpha value is -5.05. The Balaban J connectivity index is 0.00000378. The van der Waals surface area contributed by atoms with Crippen LogP contribution in [0, 0.1) is 26.8 Å². The fraction of sp³-hybridized carbons (Fsp3) is 0.136. The van der Waals surface area contributed by atoms with Crippen molar-refractivity contribution in [3.8, 4) is 39.3 Å². The average molecular weight is 818 g/mol. The second-order valence-corrected chi connectivity index (χ2v) is 13.4. The van der Waals surface area contributed by atoms with Gasteiger partial charge in [0.25, 0.3) is 0 Å². The molecule has 1 aliphatic heterocycles. The van der Waals surface area contributed by atoms with Gasteiger partial charge in [-0.25, -0.2) is 4.98 Å². The molecule has 2 aromatic heterocycles. The molecule has 0 amide bonds. The number of hydrogen-bond acceptors (Lipinski definition) is 4. The smallest absolute Gasteiger partial charge is 0.140 e. The summed E-state index contributed by atoms with van der Waals surface area (Å²) in [5, 5.41) is 11.9. The molecule has 244 valence electrons. The Bertz CT molecular complexity index is 2360. The molecule has 0 saturated heterocycles. The van der Waals surface area contributed by atoms with Crippen molar-refractivity contribution in [2.45, 2.75) is 40.0 Å². The van der Waals surface area contributed by atoms with Gasteiger partial charge in [0.15, 0.2) is 0 Å². The molecule has 1 N–H and O–H groups in total. The minimum Gasteiger partial charge on any atom is -0.506 e. The summed E-state index contributed by atoms with van der Waals surface area (Å²) in [6, 6.07) is 43.5. The zero-order chi connectivity index (χ0) is 33.2. The maximum absolute atomic E-state index is 11.0. The quantitative estimate of drug-likeness (QED) is 0.180. The third kappa shape index (κ3) is 5.45. The summed E-state index contributed by atoms with van der Waals surface area (Å²) >= 11 is 0. The molecule has 49 heavy (non-hydrogen) atoms. The molecule has 0 bridgehead atoms. The number of phenolic OH excluding ortho intramolecular Hbond substituents is 1.